The number of Topliss-reactive ketones (excluding diaryl/α,β-unsaturated/α-hetero) is 1. The van der Waals surface area contributed by atoms with E-state index in [1.165, 1.54) is 12.1 Å². The summed E-state index contributed by atoms with van der Waals surface area (Å²) in [6, 6.07) is 7.79. The molecule has 12 heteroatoms. The van der Waals surface area contributed by atoms with Crippen LogP contribution in [-0.4, -0.2) is 45.7 Å². The summed E-state index contributed by atoms with van der Waals surface area (Å²) in [5.41, 5.74) is -5.30. The molecule has 1 rings (SSSR count). The molecule has 0 aliphatic rings. The van der Waals surface area contributed by atoms with Gasteiger partial charge in [0.25, 0.3) is 0 Å². The molecule has 0 amide bonds. The molecule has 0 fully saturated rings. The van der Waals surface area contributed by atoms with E-state index in [9.17, 15) is 26.4 Å². The third-order valence-electron chi connectivity index (χ3n) is 2.23. The summed E-state index contributed by atoms with van der Waals surface area (Å²) in [7, 11) is -4.86. The number of benzene rings is 1. The van der Waals surface area contributed by atoms with Gasteiger partial charge in [-0.15, -0.1) is 0 Å². The number of alkyl halides is 3. The predicted molar refractivity (Wildman–Crippen MR) is 78.9 cm³/mol. The fourth-order valence-electron chi connectivity index (χ4n) is 1.22. The van der Waals surface area contributed by atoms with Crippen molar-refractivity contribution in [1.82, 2.24) is 4.72 Å². The van der Waals surface area contributed by atoms with E-state index in [1.54, 1.807) is 18.2 Å². The molecular formula is C11H10BF3N4O3S. The van der Waals surface area contributed by atoms with E-state index in [4.69, 9.17) is 0 Å². The number of nitrogens with one attached hydrogen (secondary N) is 1. The molecule has 122 valence electrons. The zero-order valence-electron chi connectivity index (χ0n) is 11.5. The van der Waals surface area contributed by atoms with Gasteiger partial charge < -0.3 is 0 Å². The third kappa shape index (κ3) is 5.73. The number of halogens is 3. The van der Waals surface area contributed by atoms with Gasteiger partial charge in [0.15, 0.2) is 0 Å². The van der Waals surface area contributed by atoms with Crippen LogP contribution in [0.5, 0.6) is 0 Å². The summed E-state index contributed by atoms with van der Waals surface area (Å²) in [5, 5.41) is 6.26. The van der Waals surface area contributed by atoms with Gasteiger partial charge in [-0.25, -0.2) is 0 Å². The molecule has 0 aliphatic carbocycles. The second kappa shape index (κ2) is 7.76. The number of sulfonamides is 1. The molecule has 0 unspecified atom stereocenters. The Morgan fingerprint density at radius 2 is 1.87 bits per heavy atom. The SMILES string of the molecule is C=BN=NC(=NCC(=O)c1ccccc1)NS(=O)(=O)C(F)(F)F. The molecule has 0 heterocycles. The van der Waals surface area contributed by atoms with Crippen molar-refractivity contribution in [1.29, 1.82) is 0 Å². The molecule has 23 heavy (non-hydrogen) atoms. The van der Waals surface area contributed by atoms with Crippen molar-refractivity contribution in [2.45, 2.75) is 5.51 Å². The van der Waals surface area contributed by atoms with Gasteiger partial charge >= 0.3 is 129 Å². The number of ketones is 1. The monoisotopic (exact) mass is 346 g/mol. The van der Waals surface area contributed by atoms with E-state index in [0.717, 1.165) is 11.8 Å². The number of carbonyl (C=O) groups is 1. The van der Waals surface area contributed by atoms with Gasteiger partial charge in [-0.2, -0.15) is 0 Å². The van der Waals surface area contributed by atoms with Crippen LogP contribution in [0, 0.1) is 0 Å². The van der Waals surface area contributed by atoms with Gasteiger partial charge in [0, 0.05) is 0 Å². The molecule has 0 radical (unpaired) electrons. The van der Waals surface area contributed by atoms with E-state index in [0.29, 0.717) is 0 Å². The van der Waals surface area contributed by atoms with Crippen LogP contribution in [-0.2, 0) is 10.0 Å². The zero-order chi connectivity index (χ0) is 17.5. The zero-order valence-corrected chi connectivity index (χ0v) is 12.3. The van der Waals surface area contributed by atoms with E-state index in [1.807, 2.05) is 0 Å². The molecule has 1 aromatic rings. The molecule has 0 aromatic heterocycles. The van der Waals surface area contributed by atoms with Gasteiger partial charge in [0.05, 0.1) is 0 Å². The summed E-state index contributed by atoms with van der Waals surface area (Å²) in [6.45, 7) is 2.52. The summed E-state index contributed by atoms with van der Waals surface area (Å²) in [4.78, 5) is 15.2. The Morgan fingerprint density at radius 3 is 2.39 bits per heavy atom. The van der Waals surface area contributed by atoms with Gasteiger partial charge in [-0.1, -0.05) is 0 Å². The van der Waals surface area contributed by atoms with Crippen molar-refractivity contribution in [2.24, 2.45) is 15.1 Å². The molecule has 0 saturated carbocycles. The van der Waals surface area contributed by atoms with E-state index in [-0.39, 0.29) is 5.56 Å². The molecule has 0 atom stereocenters. The molecule has 1 N–H and O–H groups in total. The van der Waals surface area contributed by atoms with Crippen LogP contribution in [0.1, 0.15) is 10.4 Å². The van der Waals surface area contributed by atoms with Crippen molar-refractivity contribution in [3.05, 3.63) is 35.9 Å². The van der Waals surface area contributed by atoms with Crippen LogP contribution >= 0.6 is 0 Å². The summed E-state index contributed by atoms with van der Waals surface area (Å²) in [6.07, 6.45) is 0. The van der Waals surface area contributed by atoms with Gasteiger partial charge in [-0.3, -0.25) is 0 Å². The van der Waals surface area contributed by atoms with Crippen LogP contribution in [0.4, 0.5) is 13.2 Å². The fourth-order valence-corrected chi connectivity index (χ4v) is 1.68. The maximum absolute atomic E-state index is 12.3. The summed E-state index contributed by atoms with van der Waals surface area (Å²) < 4.78 is 60.1. The second-order valence-electron chi connectivity index (χ2n) is 3.88. The van der Waals surface area contributed by atoms with Crippen molar-refractivity contribution in [3.8, 4) is 0 Å². The number of guanidine groups is 1. The number of aliphatic imine (C=N–C) groups is 1. The average molecular weight is 346 g/mol. The van der Waals surface area contributed by atoms with Crippen LogP contribution < -0.4 is 4.72 Å². The average Bonchev–Trinajstić information content (AvgIpc) is 2.49. The molecule has 1 aromatic carbocycles. The quantitative estimate of drug-likeness (QED) is 0.285. The first-order chi connectivity index (χ1) is 10.7. The van der Waals surface area contributed by atoms with Crippen LogP contribution in [0.15, 0.2) is 45.5 Å². The van der Waals surface area contributed by atoms with Gasteiger partial charge in [0.2, 0.25) is 0 Å². The van der Waals surface area contributed by atoms with Crippen LogP contribution in [0.3, 0.4) is 0 Å². The third-order valence-corrected chi connectivity index (χ3v) is 3.29. The fraction of sp³-hybridized carbons (Fsp3) is 0.182. The first-order valence-electron chi connectivity index (χ1n) is 5.91. The van der Waals surface area contributed by atoms with Crippen molar-refractivity contribution in [3.63, 3.8) is 0 Å². The van der Waals surface area contributed by atoms with E-state index >= 15 is 0 Å². The van der Waals surface area contributed by atoms with Crippen molar-refractivity contribution in [2.75, 3.05) is 6.54 Å². The van der Waals surface area contributed by atoms with Crippen LogP contribution in [0.2, 0.25) is 0 Å². The van der Waals surface area contributed by atoms with E-state index < -0.39 is 33.8 Å². The Bertz CT molecular complexity index is 733. The Morgan fingerprint density at radius 1 is 1.26 bits per heavy atom. The Kier molecular flexibility index (Phi) is 6.31. The number of hydrogen-bond acceptors (Lipinski definition) is 5. The maximum atomic E-state index is 12.3. The minimum atomic E-state index is -5.72. The normalized spacial score (nSPS) is 12.9. The van der Waals surface area contributed by atoms with Gasteiger partial charge in [0.1, 0.15) is 0 Å². The summed E-state index contributed by atoms with van der Waals surface area (Å²) >= 11 is 0. The minimum absolute atomic E-state index is 0.259. The number of nitrogens with zero attached hydrogens (tertiary/aromatic N) is 3. The standard InChI is InChI=1S/C11H10BF3N4O3S/c1-12-19-17-10(18-23(21,22)11(13,14)15)16-7-9(20)8-5-3-2-4-6-8/h2-6H,1,7H2,(H,16,18). The summed E-state index contributed by atoms with van der Waals surface area (Å²) in [5.74, 6) is -1.52. The van der Waals surface area contributed by atoms with E-state index in [2.05, 4.69) is 21.6 Å². The molecule has 0 bridgehead atoms. The molecule has 0 aliphatic heterocycles. The van der Waals surface area contributed by atoms with Gasteiger partial charge in [-0.05, 0) is 0 Å². The predicted octanol–water partition coefficient (Wildman–Crippen LogP) is 1.17. The van der Waals surface area contributed by atoms with Crippen molar-refractivity contribution >= 4 is 35.3 Å². The second-order valence-corrected chi connectivity index (χ2v) is 5.55. The molecule has 7 nitrogen and oxygen atoms in total. The Labute approximate surface area is 130 Å². The van der Waals surface area contributed by atoms with Crippen molar-refractivity contribution < 1.29 is 26.4 Å². The Hall–Kier alpha value is -2.37. The Balaban J connectivity index is 2.96. The van der Waals surface area contributed by atoms with Crippen LogP contribution in [0.25, 0.3) is 0 Å². The molecule has 0 saturated heterocycles. The molecule has 0 spiro atoms. The first kappa shape index (κ1) is 18.7. The number of carbonyl (C=O) groups excluding carboxylic acids is 1. The molecular weight excluding hydrogens is 336 g/mol. The number of rotatable bonds is 5. The number of hydrogen-bond donors (Lipinski definition) is 1. The first-order valence-corrected chi connectivity index (χ1v) is 7.39. The topological polar surface area (TPSA) is 100 Å².